The fourth-order valence-electron chi connectivity index (χ4n) is 2.08. The SMILES string of the molecule is CCCCc1nnc(NC(=O)COc2ccc(CCC)cc2)s1. The summed E-state index contributed by atoms with van der Waals surface area (Å²) < 4.78 is 5.49. The summed E-state index contributed by atoms with van der Waals surface area (Å²) in [5.74, 6) is 0.474. The first-order chi connectivity index (χ1) is 11.2. The molecule has 0 radical (unpaired) electrons. The average Bonchev–Trinajstić information content (AvgIpc) is 3.00. The van der Waals surface area contributed by atoms with E-state index in [1.807, 2.05) is 24.3 Å². The standard InChI is InChI=1S/C17H23N3O2S/c1-3-5-7-16-19-20-17(23-16)18-15(21)12-22-14-10-8-13(6-4-2)9-11-14/h8-11H,3-7,12H2,1-2H3,(H,18,20,21). The summed E-state index contributed by atoms with van der Waals surface area (Å²) in [6, 6.07) is 7.85. The van der Waals surface area contributed by atoms with Gasteiger partial charge >= 0.3 is 0 Å². The summed E-state index contributed by atoms with van der Waals surface area (Å²) in [5.41, 5.74) is 1.28. The van der Waals surface area contributed by atoms with Gasteiger partial charge in [-0.05, 0) is 30.5 Å². The monoisotopic (exact) mass is 333 g/mol. The number of rotatable bonds is 9. The molecule has 0 aliphatic rings. The molecule has 0 atom stereocenters. The highest BCUT2D eigenvalue weighted by Gasteiger charge is 2.08. The van der Waals surface area contributed by atoms with Gasteiger partial charge in [0, 0.05) is 6.42 Å². The smallest absolute Gasteiger partial charge is 0.264 e. The molecule has 0 spiro atoms. The van der Waals surface area contributed by atoms with E-state index in [2.05, 4.69) is 29.4 Å². The molecule has 1 aromatic heterocycles. The molecule has 1 amide bonds. The van der Waals surface area contributed by atoms with Gasteiger partial charge in [-0.15, -0.1) is 10.2 Å². The molecule has 0 unspecified atom stereocenters. The molecule has 124 valence electrons. The summed E-state index contributed by atoms with van der Waals surface area (Å²) in [4.78, 5) is 11.9. The van der Waals surface area contributed by atoms with Crippen LogP contribution in [0.2, 0.25) is 0 Å². The number of carbonyl (C=O) groups is 1. The molecule has 23 heavy (non-hydrogen) atoms. The van der Waals surface area contributed by atoms with E-state index in [0.29, 0.717) is 10.9 Å². The Hall–Kier alpha value is -1.95. The van der Waals surface area contributed by atoms with Crippen molar-refractivity contribution in [3.63, 3.8) is 0 Å². The maximum Gasteiger partial charge on any atom is 0.264 e. The summed E-state index contributed by atoms with van der Waals surface area (Å²) in [7, 11) is 0. The lowest BCUT2D eigenvalue weighted by atomic mass is 10.1. The van der Waals surface area contributed by atoms with Gasteiger partial charge in [-0.3, -0.25) is 10.1 Å². The van der Waals surface area contributed by atoms with E-state index in [-0.39, 0.29) is 12.5 Å². The number of carbonyl (C=O) groups excluding carboxylic acids is 1. The molecule has 1 heterocycles. The lowest BCUT2D eigenvalue weighted by Crippen LogP contribution is -2.20. The Balaban J connectivity index is 1.77. The number of unbranched alkanes of at least 4 members (excludes halogenated alkanes) is 1. The summed E-state index contributed by atoms with van der Waals surface area (Å²) >= 11 is 1.42. The summed E-state index contributed by atoms with van der Waals surface area (Å²) in [6.07, 6.45) is 5.28. The Morgan fingerprint density at radius 1 is 1.13 bits per heavy atom. The minimum absolute atomic E-state index is 0.0308. The number of hydrogen-bond acceptors (Lipinski definition) is 5. The summed E-state index contributed by atoms with van der Waals surface area (Å²) in [5, 5.41) is 12.2. The Labute approximate surface area is 141 Å². The van der Waals surface area contributed by atoms with Crippen LogP contribution in [0.5, 0.6) is 5.75 Å². The van der Waals surface area contributed by atoms with Gasteiger partial charge in [0.2, 0.25) is 5.13 Å². The molecular weight excluding hydrogens is 310 g/mol. The van der Waals surface area contributed by atoms with Crippen LogP contribution in [-0.4, -0.2) is 22.7 Å². The second-order valence-electron chi connectivity index (χ2n) is 5.34. The quantitative estimate of drug-likeness (QED) is 0.757. The van der Waals surface area contributed by atoms with Gasteiger partial charge in [0.15, 0.2) is 6.61 Å². The Kier molecular flexibility index (Phi) is 7.00. The number of aryl methyl sites for hydroxylation is 2. The number of benzene rings is 1. The third kappa shape index (κ3) is 5.98. The number of nitrogens with one attached hydrogen (secondary N) is 1. The minimum Gasteiger partial charge on any atom is -0.484 e. The first-order valence-electron chi connectivity index (χ1n) is 8.05. The molecule has 2 rings (SSSR count). The normalized spacial score (nSPS) is 10.5. The maximum absolute atomic E-state index is 11.9. The van der Waals surface area contributed by atoms with Crippen molar-refractivity contribution in [3.05, 3.63) is 34.8 Å². The van der Waals surface area contributed by atoms with Crippen LogP contribution in [0, 0.1) is 0 Å². The lowest BCUT2D eigenvalue weighted by Gasteiger charge is -2.06. The molecule has 0 fully saturated rings. The van der Waals surface area contributed by atoms with Crippen LogP contribution in [0.3, 0.4) is 0 Å². The van der Waals surface area contributed by atoms with Crippen molar-refractivity contribution in [2.24, 2.45) is 0 Å². The van der Waals surface area contributed by atoms with E-state index in [0.717, 1.165) is 37.1 Å². The minimum atomic E-state index is -0.221. The van der Waals surface area contributed by atoms with Gasteiger partial charge in [0.25, 0.3) is 5.91 Å². The third-order valence-electron chi connectivity index (χ3n) is 3.29. The summed E-state index contributed by atoms with van der Waals surface area (Å²) in [6.45, 7) is 4.25. The van der Waals surface area contributed by atoms with Crippen LogP contribution in [-0.2, 0) is 17.6 Å². The molecule has 5 nitrogen and oxygen atoms in total. The van der Waals surface area contributed by atoms with E-state index >= 15 is 0 Å². The first-order valence-corrected chi connectivity index (χ1v) is 8.87. The van der Waals surface area contributed by atoms with E-state index < -0.39 is 0 Å². The molecule has 0 aliphatic heterocycles. The van der Waals surface area contributed by atoms with Crippen LogP contribution in [0.25, 0.3) is 0 Å². The highest BCUT2D eigenvalue weighted by molar-refractivity contribution is 7.15. The zero-order chi connectivity index (χ0) is 16.5. The van der Waals surface area contributed by atoms with Gasteiger partial charge < -0.3 is 4.74 Å². The van der Waals surface area contributed by atoms with Crippen LogP contribution in [0.4, 0.5) is 5.13 Å². The average molecular weight is 333 g/mol. The molecule has 1 N–H and O–H groups in total. The second-order valence-corrected chi connectivity index (χ2v) is 6.40. The number of ether oxygens (including phenoxy) is 1. The number of anilines is 1. The predicted octanol–water partition coefficient (Wildman–Crippen LogP) is 3.85. The fourth-order valence-corrected chi connectivity index (χ4v) is 2.88. The van der Waals surface area contributed by atoms with Crippen LogP contribution in [0.1, 0.15) is 43.7 Å². The zero-order valence-corrected chi connectivity index (χ0v) is 14.5. The Morgan fingerprint density at radius 2 is 1.91 bits per heavy atom. The Morgan fingerprint density at radius 3 is 2.61 bits per heavy atom. The molecular formula is C17H23N3O2S. The van der Waals surface area contributed by atoms with Crippen molar-refractivity contribution in [3.8, 4) is 5.75 Å². The largest absolute Gasteiger partial charge is 0.484 e. The van der Waals surface area contributed by atoms with Crippen LogP contribution < -0.4 is 10.1 Å². The van der Waals surface area contributed by atoms with Crippen molar-refractivity contribution in [2.45, 2.75) is 46.0 Å². The maximum atomic E-state index is 11.9. The number of aromatic nitrogens is 2. The highest BCUT2D eigenvalue weighted by Crippen LogP contribution is 2.17. The van der Waals surface area contributed by atoms with Gasteiger partial charge in [-0.25, -0.2) is 0 Å². The fraction of sp³-hybridized carbons (Fsp3) is 0.471. The molecule has 0 aliphatic carbocycles. The molecule has 2 aromatic rings. The number of nitrogens with zero attached hydrogens (tertiary/aromatic N) is 2. The van der Waals surface area contributed by atoms with Crippen LogP contribution in [0.15, 0.2) is 24.3 Å². The van der Waals surface area contributed by atoms with Gasteiger partial charge in [0.05, 0.1) is 0 Å². The van der Waals surface area contributed by atoms with Gasteiger partial charge in [0.1, 0.15) is 10.8 Å². The van der Waals surface area contributed by atoms with E-state index in [1.165, 1.54) is 16.9 Å². The van der Waals surface area contributed by atoms with Crippen molar-refractivity contribution in [1.82, 2.24) is 10.2 Å². The second kappa shape index (κ2) is 9.25. The molecule has 0 saturated heterocycles. The van der Waals surface area contributed by atoms with Crippen molar-refractivity contribution in [2.75, 3.05) is 11.9 Å². The molecule has 0 saturated carbocycles. The van der Waals surface area contributed by atoms with Gasteiger partial charge in [-0.2, -0.15) is 0 Å². The predicted molar refractivity (Wildman–Crippen MR) is 93.1 cm³/mol. The zero-order valence-electron chi connectivity index (χ0n) is 13.7. The molecule has 6 heteroatoms. The number of hydrogen-bond donors (Lipinski definition) is 1. The van der Waals surface area contributed by atoms with E-state index in [9.17, 15) is 4.79 Å². The van der Waals surface area contributed by atoms with Crippen LogP contribution >= 0.6 is 11.3 Å². The third-order valence-corrected chi connectivity index (χ3v) is 4.19. The first kappa shape index (κ1) is 17.4. The lowest BCUT2D eigenvalue weighted by molar-refractivity contribution is -0.118. The van der Waals surface area contributed by atoms with Crippen molar-refractivity contribution < 1.29 is 9.53 Å². The van der Waals surface area contributed by atoms with E-state index in [4.69, 9.17) is 4.74 Å². The van der Waals surface area contributed by atoms with Crippen molar-refractivity contribution in [1.29, 1.82) is 0 Å². The van der Waals surface area contributed by atoms with Gasteiger partial charge in [-0.1, -0.05) is 50.2 Å². The topological polar surface area (TPSA) is 64.1 Å². The van der Waals surface area contributed by atoms with E-state index in [1.54, 1.807) is 0 Å². The number of amides is 1. The Bertz CT molecular complexity index is 611. The molecule has 0 bridgehead atoms. The molecule has 1 aromatic carbocycles. The highest BCUT2D eigenvalue weighted by atomic mass is 32.1. The van der Waals surface area contributed by atoms with Crippen molar-refractivity contribution >= 4 is 22.4 Å².